The van der Waals surface area contributed by atoms with E-state index < -0.39 is 93.9 Å². The summed E-state index contributed by atoms with van der Waals surface area (Å²) in [5.74, 6) is -10.8. The van der Waals surface area contributed by atoms with E-state index in [1.54, 1.807) is 132 Å². The van der Waals surface area contributed by atoms with Gasteiger partial charge in [-0.05, 0) is 167 Å². The van der Waals surface area contributed by atoms with Crippen molar-refractivity contribution in [2.45, 2.75) is 98.9 Å². The second kappa shape index (κ2) is 39.5. The molecule has 11 heterocycles. The number of methoxy groups -OCH3 is 2. The van der Waals surface area contributed by atoms with Gasteiger partial charge in [0.1, 0.15) is 86.9 Å². The van der Waals surface area contributed by atoms with E-state index >= 15 is 17.6 Å². The summed E-state index contributed by atoms with van der Waals surface area (Å²) in [6, 6.07) is 23.2. The molecule has 5 atom stereocenters. The van der Waals surface area contributed by atoms with Crippen LogP contribution < -0.4 is 61.7 Å². The molecular formula is C91H92F7LiN14O14. The number of aryl methyl sites for hydroxylation is 6. The molecule has 9 aromatic heterocycles. The minimum absolute atomic E-state index is 0. The number of carbonyl (C=O) groups excluding carboxylic acids is 4. The van der Waals surface area contributed by atoms with Crippen LogP contribution in [0, 0.1) is 61.5 Å². The smallest absolute Gasteiger partial charge is 0.870 e. The van der Waals surface area contributed by atoms with Gasteiger partial charge >= 0.3 is 36.8 Å². The number of benzene rings is 5. The van der Waals surface area contributed by atoms with Gasteiger partial charge in [0.25, 0.3) is 28.5 Å². The first kappa shape index (κ1) is 95.9. The molecule has 660 valence electrons. The van der Waals surface area contributed by atoms with Crippen molar-refractivity contribution >= 4 is 90.7 Å². The Morgan fingerprint density at radius 2 is 0.803 bits per heavy atom. The van der Waals surface area contributed by atoms with Crippen LogP contribution in [0.25, 0.3) is 83.0 Å². The number of morpholine rings is 2. The summed E-state index contributed by atoms with van der Waals surface area (Å²) in [6.07, 6.45) is 9.37. The molecule has 127 heavy (non-hydrogen) atoms. The number of fused-ring (bicyclic) bond motifs is 6. The zero-order valence-corrected chi connectivity index (χ0v) is 69.6. The monoisotopic (exact) mass is 1740 g/mol. The Hall–Kier alpha value is -13.3. The number of halogens is 7. The quantitative estimate of drug-likeness (QED) is 0.0353. The average Bonchev–Trinajstić information content (AvgIpc) is 1.74. The second-order valence-corrected chi connectivity index (χ2v) is 30.1. The first-order valence-electron chi connectivity index (χ1n) is 38.9. The summed E-state index contributed by atoms with van der Waals surface area (Å²) < 4.78 is 133. The van der Waals surface area contributed by atoms with Crippen LogP contribution in [0.15, 0.2) is 167 Å². The van der Waals surface area contributed by atoms with Crippen LogP contribution in [0.1, 0.15) is 83.2 Å². The Morgan fingerprint density at radius 1 is 0.488 bits per heavy atom. The molecule has 2 aliphatic rings. The molecule has 6 N–H and O–H groups in total. The molecule has 0 spiro atoms. The maximum absolute atomic E-state index is 15.3. The van der Waals surface area contributed by atoms with E-state index in [0.29, 0.717) is 151 Å². The number of rotatable bonds is 18. The molecule has 0 bridgehead atoms. The Bertz CT molecular complexity index is 6790. The average molecular weight is 1750 g/mol. The molecule has 2 fully saturated rings. The molecule has 28 nitrogen and oxygen atoms in total. The van der Waals surface area contributed by atoms with E-state index in [4.69, 9.17) is 24.7 Å². The molecule has 2 saturated heterocycles. The summed E-state index contributed by atoms with van der Waals surface area (Å²) in [5.41, 5.74) is 13.0. The van der Waals surface area contributed by atoms with E-state index in [1.807, 2.05) is 19.9 Å². The van der Waals surface area contributed by atoms with Gasteiger partial charge in [-0.1, -0.05) is 14.9 Å². The maximum atomic E-state index is 15.3. The number of esters is 2. The van der Waals surface area contributed by atoms with Crippen LogP contribution in [-0.4, -0.2) is 166 Å². The zero-order valence-electron chi connectivity index (χ0n) is 69.6. The number of nitrogens with zero attached hydrogens (tertiary/aromatic N) is 11. The third-order valence-corrected chi connectivity index (χ3v) is 22.6. The zero-order chi connectivity index (χ0) is 88.0. The largest absolute Gasteiger partial charge is 1.00 e. The Labute approximate surface area is 734 Å². The van der Waals surface area contributed by atoms with Gasteiger partial charge in [-0.25, -0.2) is 55.3 Å². The number of pyridine rings is 6. The van der Waals surface area contributed by atoms with Crippen LogP contribution in [-0.2, 0) is 73.7 Å². The number of imidazole rings is 3. The number of ether oxygens (including phenoxy) is 4. The predicted molar refractivity (Wildman–Crippen MR) is 461 cm³/mol. The third-order valence-electron chi connectivity index (χ3n) is 22.6. The molecule has 0 radical (unpaired) electrons. The van der Waals surface area contributed by atoms with E-state index in [1.165, 1.54) is 75.7 Å². The molecule has 36 heteroatoms. The summed E-state index contributed by atoms with van der Waals surface area (Å²) in [7, 11) is 7.29. The number of hydrogen-bond donors (Lipinski definition) is 4. The Kier molecular flexibility index (Phi) is 29.8. The number of aliphatic carboxylic acids is 1. The number of nitrogens with two attached hydrogens (primary N) is 1. The van der Waals surface area contributed by atoms with Crippen molar-refractivity contribution < 1.29 is 103 Å². The molecule has 14 aromatic rings. The van der Waals surface area contributed by atoms with Crippen molar-refractivity contribution in [1.29, 1.82) is 0 Å². The van der Waals surface area contributed by atoms with Gasteiger partial charge in [0, 0.05) is 164 Å². The molecule has 5 aromatic carbocycles. The van der Waals surface area contributed by atoms with Crippen LogP contribution in [0.3, 0.4) is 0 Å². The number of amides is 2. The molecule has 0 unspecified atom stereocenters. The number of carboxylic acids is 1. The summed E-state index contributed by atoms with van der Waals surface area (Å²) >= 11 is 0. The van der Waals surface area contributed by atoms with Gasteiger partial charge in [0.05, 0.1) is 73.9 Å². The van der Waals surface area contributed by atoms with Crippen molar-refractivity contribution in [1.82, 2.24) is 52.5 Å². The topological polar surface area (TPSA) is 347 Å². The van der Waals surface area contributed by atoms with E-state index in [2.05, 4.69) is 25.6 Å². The molecular weight excluding hydrogens is 1650 g/mol. The van der Waals surface area contributed by atoms with Crippen LogP contribution in [0.2, 0.25) is 0 Å². The Morgan fingerprint density at radius 3 is 1.12 bits per heavy atom. The number of aromatic nitrogens is 9. The normalized spacial score (nSPS) is 14.4. The fourth-order valence-corrected chi connectivity index (χ4v) is 16.2. The van der Waals surface area contributed by atoms with Crippen molar-refractivity contribution in [3.05, 3.63) is 269 Å². The van der Waals surface area contributed by atoms with Crippen molar-refractivity contribution in [2.75, 3.05) is 63.5 Å². The Balaban J connectivity index is 0.000000200. The van der Waals surface area contributed by atoms with Crippen molar-refractivity contribution in [3.8, 4) is 33.4 Å². The van der Waals surface area contributed by atoms with Gasteiger partial charge in [0.15, 0.2) is 0 Å². The first-order chi connectivity index (χ1) is 58.8. The SMILES string of the molecule is C.C.COC(=O)[C@@H](N)Cc1ccc(-c2c(C)c3cc(F)ccc3n(C)c2=O)c2nccn12.COC(=O)[C@H](Cc1ccc(-c2c(C)c3cc(F)ccc3n(C)c2=O)c2nccn12)NC(=O)c1c(F)cc(N2CCOC[C@@H]2C)cc1F.Cc1c(-c2ccc(C[C@H](NC(=O)c3c(F)cc(N4CCOC[C@@H]4C)cc3F)C(=O)O)n3ccnc23)c(=O)n(C)c2ccc(F)cc12.[Li+].[OH-]. The summed E-state index contributed by atoms with van der Waals surface area (Å²) in [4.78, 5) is 120. The molecule has 0 saturated carbocycles. The summed E-state index contributed by atoms with van der Waals surface area (Å²) in [5, 5.41) is 16.4. The third kappa shape index (κ3) is 18.6. The van der Waals surface area contributed by atoms with Crippen LogP contribution in [0.5, 0.6) is 0 Å². The number of nitrogens with one attached hydrogen (secondary N) is 2. The van der Waals surface area contributed by atoms with Gasteiger partial charge in [-0.15, -0.1) is 0 Å². The molecule has 0 aliphatic carbocycles. The van der Waals surface area contributed by atoms with E-state index in [9.17, 15) is 56.6 Å². The number of carbonyl (C=O) groups is 5. The number of carboxylic acid groups (broad SMARTS) is 1. The van der Waals surface area contributed by atoms with Gasteiger partial charge in [-0.3, -0.25) is 28.8 Å². The van der Waals surface area contributed by atoms with Crippen LogP contribution >= 0.6 is 0 Å². The minimum Gasteiger partial charge on any atom is -0.870 e. The van der Waals surface area contributed by atoms with E-state index in [-0.39, 0.29) is 104 Å². The van der Waals surface area contributed by atoms with Crippen LogP contribution in [0.4, 0.5) is 42.1 Å². The molecule has 2 aliphatic heterocycles. The van der Waals surface area contributed by atoms with E-state index in [0.717, 1.165) is 37.1 Å². The van der Waals surface area contributed by atoms with Gasteiger partial charge in [-0.2, -0.15) is 0 Å². The minimum atomic E-state index is -1.57. The predicted octanol–water partition coefficient (Wildman–Crippen LogP) is 8.99. The standard InChI is InChI=1S/C34H32F3N5O5.C33H30F3N5O5.C22H21FN4O3.2CH4.Li.H2O/c1-18-17-47-12-11-41(18)22-14-25(36)30(26(37)15-22)32(43)39-27(34(45)46-4)16-21-6-7-23(31-38-9-10-42(21)31)29-19(2)24-13-20(35)5-8-28(24)40(3)33(29)44;1-17-16-46-11-10-40(17)21-13-24(35)29(25(36)14-21)31(42)38-26(33(44)45)15-20-5-6-22(30-37-8-9-41(20)30)28-18(2)23-12-19(34)4-7-27(23)39(3)32(28)43;1-12-16-10-13(23)4-7-18(16)26(2)21(28)19(12)15-6-5-14(11-17(24)22(29)30-3)27-9-8-25-20(15)27;;;;/h5-10,13-15,18,27H,11-12,16-17H2,1-4H3,(H,39,43);4-9,12-14,17,26H,10-11,15-16H2,1-3H3,(H,38,42)(H,44,45);4-10,17H,11,24H2,1-3H3;2*1H4;;1H2/q;;;;;+1;/p-1/t18-,27-;17-,26-;17-;;;;/m000..../s1. The fraction of sp³-hybridized carbons (Fsp3) is 0.286. The number of hydrogen-bond acceptors (Lipinski definition) is 19. The van der Waals surface area contributed by atoms with Gasteiger partial charge in [0.2, 0.25) is 0 Å². The number of anilines is 2. The van der Waals surface area contributed by atoms with Crippen molar-refractivity contribution in [3.63, 3.8) is 0 Å². The van der Waals surface area contributed by atoms with Crippen molar-refractivity contribution in [2.24, 2.45) is 26.9 Å². The second-order valence-electron chi connectivity index (χ2n) is 30.1. The fourth-order valence-electron chi connectivity index (χ4n) is 16.2. The maximum Gasteiger partial charge on any atom is 1.00 e. The first-order valence-corrected chi connectivity index (χ1v) is 38.9. The molecule has 2 amide bonds. The summed E-state index contributed by atoms with van der Waals surface area (Å²) in [6.45, 7) is 11.4. The molecule has 16 rings (SSSR count). The van der Waals surface area contributed by atoms with Gasteiger partial charge < -0.3 is 82.6 Å².